The molecule has 0 radical (unpaired) electrons. The fourth-order valence-electron chi connectivity index (χ4n) is 2.20. The van der Waals surface area contributed by atoms with Gasteiger partial charge < -0.3 is 20.8 Å². The predicted octanol–water partition coefficient (Wildman–Crippen LogP) is 0.395. The van der Waals surface area contributed by atoms with Crippen molar-refractivity contribution in [2.75, 3.05) is 18.0 Å². The molecule has 0 bridgehead atoms. The summed E-state index contributed by atoms with van der Waals surface area (Å²) in [5.74, 6) is -2.66. The number of hydrogen-bond donors (Lipinski definition) is 3. The third kappa shape index (κ3) is 2.62. The van der Waals surface area contributed by atoms with Crippen LogP contribution in [0.2, 0.25) is 0 Å². The summed E-state index contributed by atoms with van der Waals surface area (Å²) in [5.41, 5.74) is 5.48. The van der Waals surface area contributed by atoms with Crippen molar-refractivity contribution in [3.8, 4) is 0 Å². The molecule has 1 amide bonds. The van der Waals surface area contributed by atoms with Gasteiger partial charge in [0.05, 0.1) is 11.1 Å². The summed E-state index contributed by atoms with van der Waals surface area (Å²) < 4.78 is 0. The topological polar surface area (TPSA) is 121 Å². The Bertz CT molecular complexity index is 552. The highest BCUT2D eigenvalue weighted by atomic mass is 16.4. The van der Waals surface area contributed by atoms with E-state index in [1.807, 2.05) is 0 Å². The van der Waals surface area contributed by atoms with Gasteiger partial charge in [-0.3, -0.25) is 4.79 Å². The van der Waals surface area contributed by atoms with E-state index in [0.29, 0.717) is 13.1 Å². The second-order valence-electron chi connectivity index (χ2n) is 4.69. The number of amides is 1. The van der Waals surface area contributed by atoms with Crippen LogP contribution in [-0.2, 0) is 4.79 Å². The first kappa shape index (κ1) is 14.0. The Hall–Kier alpha value is -2.41. The minimum Gasteiger partial charge on any atom is -0.478 e. The van der Waals surface area contributed by atoms with Gasteiger partial charge in [0, 0.05) is 18.7 Å². The first-order valence-corrected chi connectivity index (χ1v) is 6.04. The maximum atomic E-state index is 11.9. The van der Waals surface area contributed by atoms with E-state index in [1.54, 1.807) is 0 Å². The maximum Gasteiger partial charge on any atom is 0.335 e. The van der Waals surface area contributed by atoms with Crippen molar-refractivity contribution < 1.29 is 24.6 Å². The zero-order chi connectivity index (χ0) is 14.9. The molecule has 1 fully saturated rings. The lowest BCUT2D eigenvalue weighted by atomic mass is 10.1. The lowest BCUT2D eigenvalue weighted by molar-refractivity contribution is -0.117. The van der Waals surface area contributed by atoms with Crippen LogP contribution in [0, 0.1) is 5.92 Å². The van der Waals surface area contributed by atoms with Gasteiger partial charge in [-0.05, 0) is 30.7 Å². The van der Waals surface area contributed by atoms with Crippen molar-refractivity contribution in [3.05, 3.63) is 29.3 Å². The molecule has 106 valence electrons. The summed E-state index contributed by atoms with van der Waals surface area (Å²) in [7, 11) is 0. The standard InChI is InChI=1S/C13H14N2O5/c14-5-7-1-11(16)15(6-7)10-3-8(12(17)18)2-9(4-10)13(19)20/h2-4,7H,1,5-6,14H2,(H,17,18)(H,19,20). The van der Waals surface area contributed by atoms with Crippen LogP contribution in [0.3, 0.4) is 0 Å². The fourth-order valence-corrected chi connectivity index (χ4v) is 2.20. The van der Waals surface area contributed by atoms with E-state index in [-0.39, 0.29) is 35.1 Å². The van der Waals surface area contributed by atoms with Gasteiger partial charge in [-0.2, -0.15) is 0 Å². The minimum atomic E-state index is -1.24. The molecule has 0 aromatic heterocycles. The number of carbonyl (C=O) groups is 3. The summed E-state index contributed by atoms with van der Waals surface area (Å²) in [4.78, 5) is 35.3. The largest absolute Gasteiger partial charge is 0.478 e. The van der Waals surface area contributed by atoms with Crippen LogP contribution in [0.5, 0.6) is 0 Å². The minimum absolute atomic E-state index is 0.00395. The molecule has 4 N–H and O–H groups in total. The normalized spacial score (nSPS) is 18.4. The Labute approximate surface area is 114 Å². The second kappa shape index (κ2) is 5.30. The number of carbonyl (C=O) groups excluding carboxylic acids is 1. The molecule has 20 heavy (non-hydrogen) atoms. The smallest absolute Gasteiger partial charge is 0.335 e. The molecule has 1 atom stereocenters. The molecule has 0 spiro atoms. The molecule has 1 saturated heterocycles. The van der Waals surface area contributed by atoms with Gasteiger partial charge in [-0.1, -0.05) is 0 Å². The zero-order valence-corrected chi connectivity index (χ0v) is 10.6. The molecule has 7 nitrogen and oxygen atoms in total. The quantitative estimate of drug-likeness (QED) is 0.732. The highest BCUT2D eigenvalue weighted by molar-refractivity contribution is 6.00. The molecular formula is C13H14N2O5. The third-order valence-electron chi connectivity index (χ3n) is 3.26. The van der Waals surface area contributed by atoms with E-state index in [1.165, 1.54) is 17.0 Å². The fraction of sp³-hybridized carbons (Fsp3) is 0.308. The number of nitrogens with zero attached hydrogens (tertiary/aromatic N) is 1. The Morgan fingerprint density at radius 2 is 1.75 bits per heavy atom. The van der Waals surface area contributed by atoms with E-state index in [0.717, 1.165) is 6.07 Å². The van der Waals surface area contributed by atoms with Crippen molar-refractivity contribution in [2.24, 2.45) is 11.7 Å². The lowest BCUT2D eigenvalue weighted by Gasteiger charge is -2.17. The third-order valence-corrected chi connectivity index (χ3v) is 3.26. The first-order valence-electron chi connectivity index (χ1n) is 6.04. The number of benzene rings is 1. The van der Waals surface area contributed by atoms with Gasteiger partial charge in [0.25, 0.3) is 0 Å². The van der Waals surface area contributed by atoms with E-state index >= 15 is 0 Å². The number of nitrogens with two attached hydrogens (primary N) is 1. The Morgan fingerprint density at radius 1 is 1.20 bits per heavy atom. The van der Waals surface area contributed by atoms with Gasteiger partial charge in [0.15, 0.2) is 0 Å². The van der Waals surface area contributed by atoms with Gasteiger partial charge >= 0.3 is 11.9 Å². The lowest BCUT2D eigenvalue weighted by Crippen LogP contribution is -2.26. The van der Waals surface area contributed by atoms with Crippen LogP contribution in [0.4, 0.5) is 5.69 Å². The van der Waals surface area contributed by atoms with Crippen molar-refractivity contribution in [1.29, 1.82) is 0 Å². The van der Waals surface area contributed by atoms with Gasteiger partial charge in [0.1, 0.15) is 0 Å². The van der Waals surface area contributed by atoms with Crippen LogP contribution in [0.25, 0.3) is 0 Å². The van der Waals surface area contributed by atoms with Crippen LogP contribution in [0.15, 0.2) is 18.2 Å². The van der Waals surface area contributed by atoms with Crippen LogP contribution in [0.1, 0.15) is 27.1 Å². The summed E-state index contributed by atoms with van der Waals surface area (Å²) in [5, 5.41) is 18.0. The van der Waals surface area contributed by atoms with Crippen LogP contribution in [-0.4, -0.2) is 41.1 Å². The zero-order valence-electron chi connectivity index (χ0n) is 10.6. The monoisotopic (exact) mass is 278 g/mol. The van der Waals surface area contributed by atoms with Crippen LogP contribution >= 0.6 is 0 Å². The summed E-state index contributed by atoms with van der Waals surface area (Å²) >= 11 is 0. The Morgan fingerprint density at radius 3 is 2.15 bits per heavy atom. The predicted molar refractivity (Wildman–Crippen MR) is 69.9 cm³/mol. The van der Waals surface area contributed by atoms with Crippen molar-refractivity contribution >= 4 is 23.5 Å². The number of hydrogen-bond acceptors (Lipinski definition) is 4. The number of anilines is 1. The van der Waals surface area contributed by atoms with Crippen molar-refractivity contribution in [2.45, 2.75) is 6.42 Å². The highest BCUT2D eigenvalue weighted by Crippen LogP contribution is 2.26. The average molecular weight is 278 g/mol. The molecule has 1 aliphatic rings. The summed E-state index contributed by atoms with van der Waals surface area (Å²) in [6.45, 7) is 0.726. The van der Waals surface area contributed by atoms with Crippen molar-refractivity contribution in [1.82, 2.24) is 0 Å². The van der Waals surface area contributed by atoms with Gasteiger partial charge in [-0.25, -0.2) is 9.59 Å². The molecule has 1 aromatic rings. The number of rotatable bonds is 4. The Balaban J connectivity index is 2.43. The molecular weight excluding hydrogens is 264 g/mol. The molecule has 7 heteroatoms. The Kier molecular flexibility index (Phi) is 3.71. The summed E-state index contributed by atoms with van der Waals surface area (Å²) in [6, 6.07) is 3.66. The molecule has 1 aromatic carbocycles. The van der Waals surface area contributed by atoms with E-state index in [4.69, 9.17) is 15.9 Å². The summed E-state index contributed by atoms with van der Waals surface area (Å²) in [6.07, 6.45) is 0.288. The number of carboxylic acid groups (broad SMARTS) is 2. The molecule has 0 saturated carbocycles. The molecule has 1 heterocycles. The molecule has 2 rings (SSSR count). The number of aromatic carboxylic acids is 2. The molecule has 0 aliphatic carbocycles. The van der Waals surface area contributed by atoms with Gasteiger partial charge in [0.2, 0.25) is 5.91 Å². The van der Waals surface area contributed by atoms with E-state index in [2.05, 4.69) is 0 Å². The van der Waals surface area contributed by atoms with Crippen molar-refractivity contribution in [3.63, 3.8) is 0 Å². The average Bonchev–Trinajstić information content (AvgIpc) is 2.79. The SMILES string of the molecule is NCC1CC(=O)N(c2cc(C(=O)O)cc(C(=O)O)c2)C1. The number of carboxylic acids is 2. The second-order valence-corrected chi connectivity index (χ2v) is 4.69. The van der Waals surface area contributed by atoms with E-state index < -0.39 is 11.9 Å². The molecule has 1 unspecified atom stereocenters. The highest BCUT2D eigenvalue weighted by Gasteiger charge is 2.30. The van der Waals surface area contributed by atoms with E-state index in [9.17, 15) is 14.4 Å². The van der Waals surface area contributed by atoms with Gasteiger partial charge in [-0.15, -0.1) is 0 Å². The maximum absolute atomic E-state index is 11.9. The van der Waals surface area contributed by atoms with Crippen LogP contribution < -0.4 is 10.6 Å². The molecule has 1 aliphatic heterocycles. The first-order chi connectivity index (χ1) is 9.42.